The monoisotopic (exact) mass is 242 g/mol. The summed E-state index contributed by atoms with van der Waals surface area (Å²) >= 11 is 1.22. The molecule has 3 N–H and O–H groups in total. The van der Waals surface area contributed by atoms with E-state index < -0.39 is 0 Å². The molecule has 0 unspecified atom stereocenters. The van der Waals surface area contributed by atoms with Gasteiger partial charge in [0.15, 0.2) is 0 Å². The number of unbranched alkanes of at least 4 members (excludes halogenated alkanes) is 3. The van der Waals surface area contributed by atoms with Gasteiger partial charge in [0, 0.05) is 18.0 Å². The Kier molecular flexibility index (Phi) is 5.95. The van der Waals surface area contributed by atoms with Crippen molar-refractivity contribution in [1.29, 1.82) is 0 Å². The smallest absolute Gasteiger partial charge is 0.226 e. The van der Waals surface area contributed by atoms with Crippen molar-refractivity contribution in [3.05, 3.63) is 5.82 Å². The Labute approximate surface area is 99.6 Å². The van der Waals surface area contributed by atoms with Gasteiger partial charge in [0.25, 0.3) is 0 Å². The molecule has 1 aromatic heterocycles. The first-order valence-electron chi connectivity index (χ1n) is 5.52. The lowest BCUT2D eigenvalue weighted by atomic mass is 10.1. The van der Waals surface area contributed by atoms with Crippen LogP contribution in [0.1, 0.15) is 37.9 Å². The van der Waals surface area contributed by atoms with Crippen LogP contribution in [-0.4, -0.2) is 21.8 Å². The van der Waals surface area contributed by atoms with Crippen LogP contribution in [0.2, 0.25) is 0 Å². The van der Waals surface area contributed by atoms with E-state index >= 15 is 0 Å². The molecule has 0 saturated carbocycles. The topological polar surface area (TPSA) is 80.9 Å². The molecule has 0 spiro atoms. The highest BCUT2D eigenvalue weighted by atomic mass is 32.1. The fourth-order valence-corrected chi connectivity index (χ4v) is 1.90. The molecule has 0 saturated heterocycles. The van der Waals surface area contributed by atoms with E-state index in [1.54, 1.807) is 6.92 Å². The largest absolute Gasteiger partial charge is 0.330 e. The summed E-state index contributed by atoms with van der Waals surface area (Å²) in [7, 11) is 0. The fourth-order valence-electron chi connectivity index (χ4n) is 1.31. The fraction of sp³-hybridized carbons (Fsp3) is 0.700. The Morgan fingerprint density at radius 1 is 1.38 bits per heavy atom. The number of nitrogens with zero attached hydrogens (tertiary/aromatic N) is 2. The molecule has 0 aromatic carbocycles. The molecule has 0 aliphatic rings. The lowest BCUT2D eigenvalue weighted by Gasteiger charge is -2.00. The van der Waals surface area contributed by atoms with E-state index in [0.29, 0.717) is 17.4 Å². The molecule has 1 rings (SSSR count). The Bertz CT molecular complexity index is 326. The van der Waals surface area contributed by atoms with Crippen LogP contribution in [0.4, 0.5) is 5.13 Å². The number of carbonyl (C=O) groups is 1. The highest BCUT2D eigenvalue weighted by Crippen LogP contribution is 2.11. The quantitative estimate of drug-likeness (QED) is 0.713. The van der Waals surface area contributed by atoms with Crippen molar-refractivity contribution >= 4 is 22.6 Å². The zero-order valence-electron chi connectivity index (χ0n) is 9.53. The van der Waals surface area contributed by atoms with Gasteiger partial charge in [-0.3, -0.25) is 4.79 Å². The van der Waals surface area contributed by atoms with Crippen molar-refractivity contribution in [2.24, 2.45) is 5.73 Å². The standard InChI is InChI=1S/C10H18N4OS/c1-8-12-10(16-14-8)13-9(15)6-4-2-3-5-7-11/h2-7,11H2,1H3,(H,12,13,14,15). The van der Waals surface area contributed by atoms with Gasteiger partial charge in [0.1, 0.15) is 5.82 Å². The predicted molar refractivity (Wildman–Crippen MR) is 65.4 cm³/mol. The summed E-state index contributed by atoms with van der Waals surface area (Å²) in [5, 5.41) is 3.32. The van der Waals surface area contributed by atoms with Crippen LogP contribution >= 0.6 is 11.5 Å². The molecule has 16 heavy (non-hydrogen) atoms. The summed E-state index contributed by atoms with van der Waals surface area (Å²) in [6.07, 6.45) is 4.64. The van der Waals surface area contributed by atoms with Crippen LogP contribution in [0.5, 0.6) is 0 Å². The minimum Gasteiger partial charge on any atom is -0.330 e. The number of amides is 1. The Morgan fingerprint density at radius 3 is 2.75 bits per heavy atom. The average Bonchev–Trinajstić information content (AvgIpc) is 2.63. The molecule has 5 nitrogen and oxygen atoms in total. The summed E-state index contributed by atoms with van der Waals surface area (Å²) in [5.41, 5.74) is 5.38. The van der Waals surface area contributed by atoms with Crippen molar-refractivity contribution in [1.82, 2.24) is 9.36 Å². The van der Waals surface area contributed by atoms with Gasteiger partial charge in [-0.25, -0.2) is 4.98 Å². The molecule has 0 fully saturated rings. The summed E-state index contributed by atoms with van der Waals surface area (Å²) < 4.78 is 3.99. The molecule has 0 aliphatic heterocycles. The first-order chi connectivity index (χ1) is 7.72. The van der Waals surface area contributed by atoms with E-state index in [4.69, 9.17) is 5.73 Å². The van der Waals surface area contributed by atoms with Crippen molar-refractivity contribution in [3.63, 3.8) is 0 Å². The van der Waals surface area contributed by atoms with E-state index in [1.165, 1.54) is 11.5 Å². The molecular weight excluding hydrogens is 224 g/mol. The molecule has 1 heterocycles. The van der Waals surface area contributed by atoms with Crippen molar-refractivity contribution in [2.45, 2.75) is 39.0 Å². The Balaban J connectivity index is 2.11. The van der Waals surface area contributed by atoms with Gasteiger partial charge in [-0.05, 0) is 26.3 Å². The number of carbonyl (C=O) groups excluding carboxylic acids is 1. The van der Waals surface area contributed by atoms with Crippen LogP contribution in [0.15, 0.2) is 0 Å². The van der Waals surface area contributed by atoms with E-state index in [0.717, 1.165) is 32.2 Å². The molecule has 6 heteroatoms. The van der Waals surface area contributed by atoms with Crippen LogP contribution in [-0.2, 0) is 4.79 Å². The number of nitrogens with two attached hydrogens (primary N) is 1. The van der Waals surface area contributed by atoms with Gasteiger partial charge in [-0.1, -0.05) is 12.8 Å². The average molecular weight is 242 g/mol. The van der Waals surface area contributed by atoms with Crippen LogP contribution < -0.4 is 11.1 Å². The van der Waals surface area contributed by atoms with Crippen LogP contribution in [0, 0.1) is 6.92 Å². The number of aryl methyl sites for hydroxylation is 1. The third-order valence-electron chi connectivity index (χ3n) is 2.13. The molecule has 0 bridgehead atoms. The van der Waals surface area contributed by atoms with Crippen LogP contribution in [0.25, 0.3) is 0 Å². The van der Waals surface area contributed by atoms with E-state index in [9.17, 15) is 4.79 Å². The second-order valence-electron chi connectivity index (χ2n) is 3.65. The normalized spacial score (nSPS) is 10.4. The van der Waals surface area contributed by atoms with Gasteiger partial charge >= 0.3 is 0 Å². The Hall–Kier alpha value is -1.01. The lowest BCUT2D eigenvalue weighted by molar-refractivity contribution is -0.116. The summed E-state index contributed by atoms with van der Waals surface area (Å²) in [6, 6.07) is 0. The minimum atomic E-state index is 0.0175. The molecular formula is C10H18N4OS. The van der Waals surface area contributed by atoms with Crippen molar-refractivity contribution in [3.8, 4) is 0 Å². The number of aromatic nitrogens is 2. The van der Waals surface area contributed by atoms with Gasteiger partial charge in [-0.2, -0.15) is 4.37 Å². The minimum absolute atomic E-state index is 0.0175. The maximum Gasteiger partial charge on any atom is 0.226 e. The maximum atomic E-state index is 11.5. The summed E-state index contributed by atoms with van der Waals surface area (Å²) in [5.74, 6) is 0.715. The highest BCUT2D eigenvalue weighted by molar-refractivity contribution is 7.09. The van der Waals surface area contributed by atoms with Gasteiger partial charge < -0.3 is 11.1 Å². The first kappa shape index (κ1) is 13.1. The molecule has 0 atom stereocenters. The van der Waals surface area contributed by atoms with E-state index in [1.807, 2.05) is 0 Å². The number of anilines is 1. The lowest BCUT2D eigenvalue weighted by Crippen LogP contribution is -2.10. The van der Waals surface area contributed by atoms with Gasteiger partial charge in [0.05, 0.1) is 0 Å². The molecule has 0 radical (unpaired) electrons. The zero-order valence-corrected chi connectivity index (χ0v) is 10.3. The van der Waals surface area contributed by atoms with Crippen molar-refractivity contribution < 1.29 is 4.79 Å². The number of hydrogen-bond acceptors (Lipinski definition) is 5. The SMILES string of the molecule is Cc1nsc(NC(=O)CCCCCCN)n1. The second-order valence-corrected chi connectivity index (χ2v) is 4.40. The third-order valence-corrected chi connectivity index (χ3v) is 2.85. The van der Waals surface area contributed by atoms with Gasteiger partial charge in [-0.15, -0.1) is 0 Å². The number of rotatable bonds is 7. The molecule has 1 amide bonds. The number of hydrogen-bond donors (Lipinski definition) is 2. The van der Waals surface area contributed by atoms with Crippen LogP contribution in [0.3, 0.4) is 0 Å². The number of nitrogens with one attached hydrogen (secondary N) is 1. The highest BCUT2D eigenvalue weighted by Gasteiger charge is 2.05. The summed E-state index contributed by atoms with van der Waals surface area (Å²) in [4.78, 5) is 15.5. The molecule has 90 valence electrons. The maximum absolute atomic E-state index is 11.5. The van der Waals surface area contributed by atoms with Crippen molar-refractivity contribution in [2.75, 3.05) is 11.9 Å². The van der Waals surface area contributed by atoms with E-state index in [-0.39, 0.29) is 5.91 Å². The van der Waals surface area contributed by atoms with Gasteiger partial charge in [0.2, 0.25) is 11.0 Å². The third kappa shape index (κ3) is 5.18. The second kappa shape index (κ2) is 7.29. The van der Waals surface area contributed by atoms with E-state index in [2.05, 4.69) is 14.7 Å². The first-order valence-corrected chi connectivity index (χ1v) is 6.30. The zero-order chi connectivity index (χ0) is 11.8. The summed E-state index contributed by atoms with van der Waals surface area (Å²) in [6.45, 7) is 2.54. The molecule has 0 aliphatic carbocycles. The predicted octanol–water partition coefficient (Wildman–Crippen LogP) is 1.69. The molecule has 1 aromatic rings. The Morgan fingerprint density at radius 2 is 2.12 bits per heavy atom.